The number of anilines is 1. The number of aryl methyl sites for hydroxylation is 2. The minimum atomic E-state index is -4.06. The van der Waals surface area contributed by atoms with Crippen molar-refractivity contribution < 1.29 is 4.80 Å². The zero-order valence-electron chi connectivity index (χ0n) is 45.4. The van der Waals surface area contributed by atoms with Crippen LogP contribution in [0, 0.1) is 25.7 Å². The van der Waals surface area contributed by atoms with Crippen molar-refractivity contribution in [3.63, 3.8) is 0 Å². The Morgan fingerprint density at radius 3 is 1.37 bits per heavy atom. The number of hydrogen-bond acceptors (Lipinski definition) is 4. The third kappa shape index (κ3) is 7.96. The van der Waals surface area contributed by atoms with Crippen molar-refractivity contribution in [3.05, 3.63) is 220 Å². The second-order valence-electron chi connectivity index (χ2n) is 24.4. The van der Waals surface area contributed by atoms with E-state index in [-0.39, 0.29) is 34.4 Å². The number of nitrogens with zero attached hydrogens (tertiary/aromatic N) is 3. The molecular formula is C64H82N3OPSi2. The minimum Gasteiger partial charge on any atom is -0.839 e. The zero-order valence-corrected chi connectivity index (χ0v) is 48.3. The summed E-state index contributed by atoms with van der Waals surface area (Å²) in [6, 6.07) is 61.7. The van der Waals surface area contributed by atoms with E-state index in [9.17, 15) is 0 Å². The van der Waals surface area contributed by atoms with Gasteiger partial charge in [-0.25, -0.2) is 0 Å². The third-order valence-electron chi connectivity index (χ3n) is 16.5. The summed E-state index contributed by atoms with van der Waals surface area (Å²) in [6.07, 6.45) is 3.60. The molecule has 71 heavy (non-hydrogen) atoms. The fourth-order valence-electron chi connectivity index (χ4n) is 15.0. The molecule has 6 aromatic rings. The fourth-order valence-corrected chi connectivity index (χ4v) is 41.4. The first-order valence-corrected chi connectivity index (χ1v) is 33.3. The van der Waals surface area contributed by atoms with Crippen molar-refractivity contribution in [2.75, 3.05) is 4.57 Å². The monoisotopic (exact) mass is 996 g/mol. The van der Waals surface area contributed by atoms with Gasteiger partial charge in [0.15, 0.2) is 7.56 Å². The lowest BCUT2D eigenvalue weighted by Crippen LogP contribution is -2.96. The zero-order chi connectivity index (χ0) is 50.9. The van der Waals surface area contributed by atoms with E-state index in [1.807, 2.05) is 36.4 Å². The maximum absolute atomic E-state index is 19.1. The van der Waals surface area contributed by atoms with E-state index in [1.165, 1.54) is 69.6 Å². The Bertz CT molecular complexity index is 2740. The molecular weight excluding hydrogens is 914 g/mol. The second-order valence-corrected chi connectivity index (χ2v) is 35.9. The van der Waals surface area contributed by atoms with Gasteiger partial charge in [-0.1, -0.05) is 209 Å². The number of hydrogen-bond donors (Lipinski definition) is 0. The van der Waals surface area contributed by atoms with Gasteiger partial charge in [0.2, 0.25) is 0 Å². The summed E-state index contributed by atoms with van der Waals surface area (Å²) in [4.78, 5) is 19.1. The summed E-state index contributed by atoms with van der Waals surface area (Å²) in [6.45, 7) is 33.8. The molecule has 11 rings (SSSR count). The highest BCUT2D eigenvalue weighted by molar-refractivity contribution is 7.85. The number of para-hydroxylation sites is 1. The fraction of sp³-hybridized carbons (Fsp3) is 0.406. The van der Waals surface area contributed by atoms with E-state index in [4.69, 9.17) is 0 Å². The van der Waals surface area contributed by atoms with Crippen molar-refractivity contribution in [2.45, 2.75) is 155 Å². The van der Waals surface area contributed by atoms with E-state index in [1.54, 1.807) is 5.31 Å². The van der Waals surface area contributed by atoms with Crippen LogP contribution >= 0.6 is 7.56 Å². The molecule has 0 aromatic heterocycles. The summed E-state index contributed by atoms with van der Waals surface area (Å²) in [7, 11) is -9.06. The molecule has 2 saturated heterocycles. The lowest BCUT2D eigenvalue weighted by molar-refractivity contribution is -0.230. The minimum absolute atomic E-state index is 0.00480. The van der Waals surface area contributed by atoms with Crippen molar-refractivity contribution in [1.29, 1.82) is 0 Å². The number of allylic oxidation sites excluding steroid dienone is 2. The van der Waals surface area contributed by atoms with Gasteiger partial charge in [0.1, 0.15) is 18.6 Å². The topological polar surface area (TPSA) is 32.8 Å². The summed E-state index contributed by atoms with van der Waals surface area (Å²) in [5.41, 5.74) is 11.5. The van der Waals surface area contributed by atoms with Crippen molar-refractivity contribution in [3.8, 4) is 0 Å². The lowest BCUT2D eigenvalue weighted by Gasteiger charge is -2.86. The number of fused-ring (bicyclic) bond motifs is 7. The van der Waals surface area contributed by atoms with Crippen LogP contribution < -0.4 is 9.36 Å². The van der Waals surface area contributed by atoms with E-state index < -0.39 is 29.2 Å². The Balaban J connectivity index is 0.000000384. The Morgan fingerprint density at radius 2 is 0.958 bits per heavy atom. The molecule has 3 fully saturated rings. The molecule has 372 valence electrons. The van der Waals surface area contributed by atoms with Gasteiger partial charge in [0.25, 0.3) is 8.40 Å². The molecule has 0 radical (unpaired) electrons. The predicted molar refractivity (Wildman–Crippen MR) is 307 cm³/mol. The standard InChI is InChI=1S/C50H66N3OPSi2.2C7H8/c1-34(2)41-29-22-30-42(35(3)4)45(41)51-44-38-31-32-39(33-38)46(44)55(52(48(5,6)7)56(11,12)53(55)49(8,9)10)50(40-27-20-15-21-28-40)43(36-23-16-13-17-24-36)47(57(50,51)54)37-25-18-14-19-26-37;2*1-7-5-3-2-4-6-7/h13-30,34-35,38-39,43,47H,31-33H2,1-12H3;2*2-6H,1H3/t38-,39+,43-,47+,50-,57+;;/m0../s1. The molecule has 1 saturated carbocycles. The first-order valence-electron chi connectivity index (χ1n) is 26.7. The van der Waals surface area contributed by atoms with E-state index >= 15 is 4.80 Å². The molecule has 6 atom stereocenters. The molecule has 7 heteroatoms. The van der Waals surface area contributed by atoms with Crippen LogP contribution in [0.25, 0.3) is 0 Å². The first-order chi connectivity index (χ1) is 33.7. The van der Waals surface area contributed by atoms with Crippen LogP contribution in [0.3, 0.4) is 0 Å². The van der Waals surface area contributed by atoms with Gasteiger partial charge < -0.3 is 9.36 Å². The van der Waals surface area contributed by atoms with Crippen molar-refractivity contribution >= 4 is 30.1 Å². The molecule has 3 aliphatic heterocycles. The quantitative estimate of drug-likeness (QED) is 0.123. The van der Waals surface area contributed by atoms with Gasteiger partial charge in [-0.15, -0.1) is 0 Å². The van der Waals surface area contributed by atoms with Gasteiger partial charge >= 0.3 is 0 Å². The van der Waals surface area contributed by atoms with Crippen LogP contribution in [-0.2, 0) is 4.78 Å². The highest BCUT2D eigenvalue weighted by atomic mass is 31.2. The van der Waals surface area contributed by atoms with Crippen LogP contribution in [0.5, 0.6) is 0 Å². The van der Waals surface area contributed by atoms with Crippen LogP contribution in [0.4, 0.5) is 5.69 Å². The highest BCUT2D eigenvalue weighted by Gasteiger charge is 2.97. The Kier molecular flexibility index (Phi) is 13.9. The molecule has 4 nitrogen and oxygen atoms in total. The lowest BCUT2D eigenvalue weighted by atomic mass is 9.83. The summed E-state index contributed by atoms with van der Waals surface area (Å²) < 4.78 is 8.38. The van der Waals surface area contributed by atoms with Crippen molar-refractivity contribution in [1.82, 2.24) is 8.67 Å². The van der Waals surface area contributed by atoms with E-state index in [2.05, 4.69) is 243 Å². The highest BCUT2D eigenvalue weighted by Crippen LogP contribution is 3.02. The summed E-state index contributed by atoms with van der Waals surface area (Å²) in [5.74, 6) is 1.47. The van der Waals surface area contributed by atoms with Gasteiger partial charge in [-0.3, -0.25) is 0 Å². The molecule has 2 bridgehead atoms. The largest absolute Gasteiger partial charge is 0.839 e. The molecule has 3 heterocycles. The molecule has 0 unspecified atom stereocenters. The molecule has 0 amide bonds. The maximum Gasteiger partial charge on any atom is 0.284 e. The van der Waals surface area contributed by atoms with Crippen LogP contribution in [0.1, 0.15) is 151 Å². The number of rotatable bonds is 6. The van der Waals surface area contributed by atoms with E-state index in [0.29, 0.717) is 11.8 Å². The van der Waals surface area contributed by atoms with Gasteiger partial charge in [-0.2, -0.15) is 8.67 Å². The summed E-state index contributed by atoms with van der Waals surface area (Å²) >= 11 is 0. The van der Waals surface area contributed by atoms with Gasteiger partial charge in [-0.05, 0) is 127 Å². The second kappa shape index (κ2) is 19.1. The third-order valence-corrected chi connectivity index (χ3v) is 35.9. The predicted octanol–water partition coefficient (Wildman–Crippen LogP) is 16.5. The number of benzene rings is 6. The SMILES string of the molecule is CC(C)c1cccc(C(C)C)c1N1C2=C([C@@H]3CC[C@H]2C3)[P+]2(N(C(C)(C)C)[Si](C)(C)N2C(C)(C)C)[C@]2(c3ccccc3)[C@@H](c3ccccc3)[C@@H](c3ccccc3)[Si@]12[O-].Cc1ccccc1.Cc1ccccc1. The average Bonchev–Trinajstić information content (AvgIpc) is 3.94. The molecule has 1 spiro atoms. The Morgan fingerprint density at radius 1 is 0.549 bits per heavy atom. The van der Waals surface area contributed by atoms with Crippen LogP contribution in [0.15, 0.2) is 181 Å². The Hall–Kier alpha value is -4.40. The van der Waals surface area contributed by atoms with Crippen LogP contribution in [0.2, 0.25) is 13.1 Å². The molecule has 6 aromatic carbocycles. The van der Waals surface area contributed by atoms with Crippen molar-refractivity contribution in [2.24, 2.45) is 11.8 Å². The van der Waals surface area contributed by atoms with E-state index in [0.717, 1.165) is 0 Å². The normalized spacial score (nSPS) is 26.2. The van der Waals surface area contributed by atoms with Crippen LogP contribution in [-0.4, -0.2) is 36.6 Å². The Labute approximate surface area is 432 Å². The first kappa shape index (κ1) is 51.5. The van der Waals surface area contributed by atoms with Gasteiger partial charge in [0, 0.05) is 40.1 Å². The maximum atomic E-state index is 19.1. The summed E-state index contributed by atoms with van der Waals surface area (Å²) in [5, 5.41) is 1.72. The smallest absolute Gasteiger partial charge is 0.284 e. The molecule has 0 N–H and O–H groups in total. The molecule has 5 aliphatic rings. The molecule has 2 aliphatic carbocycles. The van der Waals surface area contributed by atoms with Gasteiger partial charge in [0.05, 0.1) is 5.70 Å². The average molecular weight is 997 g/mol.